The lowest BCUT2D eigenvalue weighted by molar-refractivity contribution is 0.0691. The quantitative estimate of drug-likeness (QED) is 0.825. The molecular formula is C12H10N2O3S2. The monoisotopic (exact) mass is 294 g/mol. The predicted octanol–water partition coefficient (Wildman–Crippen LogP) is 2.23. The number of benzene rings is 1. The number of aromatic nitrogens is 1. The molecule has 0 bridgehead atoms. The van der Waals surface area contributed by atoms with E-state index in [9.17, 15) is 9.59 Å². The molecule has 2 aromatic rings. The second-order valence-corrected chi connectivity index (χ2v) is 5.60. The van der Waals surface area contributed by atoms with E-state index in [4.69, 9.17) is 10.8 Å². The summed E-state index contributed by atoms with van der Waals surface area (Å²) >= 11 is 2.84. The van der Waals surface area contributed by atoms with Crippen LogP contribution in [0.4, 0.5) is 0 Å². The number of thiazole rings is 1. The van der Waals surface area contributed by atoms with Crippen molar-refractivity contribution in [1.82, 2.24) is 4.98 Å². The van der Waals surface area contributed by atoms with Gasteiger partial charge >= 0.3 is 5.97 Å². The summed E-state index contributed by atoms with van der Waals surface area (Å²) in [5.74, 6) is -0.880. The molecule has 7 heteroatoms. The summed E-state index contributed by atoms with van der Waals surface area (Å²) in [6, 6.07) is 6.93. The second-order valence-electron chi connectivity index (χ2n) is 3.61. The highest BCUT2D eigenvalue weighted by atomic mass is 32.2. The van der Waals surface area contributed by atoms with E-state index in [0.717, 1.165) is 9.90 Å². The van der Waals surface area contributed by atoms with Crippen LogP contribution < -0.4 is 5.73 Å². The van der Waals surface area contributed by atoms with Gasteiger partial charge in [0.2, 0.25) is 5.91 Å². The van der Waals surface area contributed by atoms with E-state index in [1.807, 2.05) is 0 Å². The van der Waals surface area contributed by atoms with Gasteiger partial charge in [-0.3, -0.25) is 4.79 Å². The van der Waals surface area contributed by atoms with Crippen LogP contribution in [0.15, 0.2) is 34.5 Å². The Morgan fingerprint density at radius 2 is 2.00 bits per heavy atom. The minimum atomic E-state index is -1.02. The number of carboxylic acid groups (broad SMARTS) is 1. The van der Waals surface area contributed by atoms with Crippen LogP contribution in [0, 0.1) is 0 Å². The third-order valence-corrected chi connectivity index (χ3v) is 4.33. The molecule has 1 aromatic heterocycles. The van der Waals surface area contributed by atoms with E-state index in [1.165, 1.54) is 28.5 Å². The molecule has 0 aliphatic rings. The molecule has 0 fully saturated rings. The first-order valence-corrected chi connectivity index (χ1v) is 7.13. The van der Waals surface area contributed by atoms with Crippen molar-refractivity contribution in [2.24, 2.45) is 5.73 Å². The molecule has 0 spiro atoms. The lowest BCUT2D eigenvalue weighted by Crippen LogP contribution is -2.10. The highest BCUT2D eigenvalue weighted by Crippen LogP contribution is 2.24. The molecule has 1 aromatic carbocycles. The molecule has 19 heavy (non-hydrogen) atoms. The Morgan fingerprint density at radius 1 is 1.32 bits per heavy atom. The summed E-state index contributed by atoms with van der Waals surface area (Å²) in [6.45, 7) is 0. The Balaban J connectivity index is 1.97. The van der Waals surface area contributed by atoms with Crippen molar-refractivity contribution in [3.05, 3.63) is 45.9 Å². The Morgan fingerprint density at radius 3 is 2.53 bits per heavy atom. The molecule has 2 rings (SSSR count). The normalized spacial score (nSPS) is 10.3. The molecular weight excluding hydrogens is 284 g/mol. The average molecular weight is 294 g/mol. The highest BCUT2D eigenvalue weighted by molar-refractivity contribution is 7.98. The Labute approximate surface area is 117 Å². The topological polar surface area (TPSA) is 93.3 Å². The van der Waals surface area contributed by atoms with Crippen molar-refractivity contribution in [1.29, 1.82) is 0 Å². The van der Waals surface area contributed by atoms with Gasteiger partial charge in [-0.15, -0.1) is 23.1 Å². The molecule has 0 unspecified atom stereocenters. The summed E-state index contributed by atoms with van der Waals surface area (Å²) < 4.78 is 0. The molecule has 0 aliphatic heterocycles. The SMILES string of the molecule is NC(=O)c1ccc(SCc2nc(C(=O)O)cs2)cc1. The Kier molecular flexibility index (Phi) is 4.18. The van der Waals surface area contributed by atoms with Gasteiger partial charge in [-0.1, -0.05) is 0 Å². The molecule has 1 heterocycles. The maximum atomic E-state index is 10.9. The van der Waals surface area contributed by atoms with Crippen LogP contribution in [0.2, 0.25) is 0 Å². The van der Waals surface area contributed by atoms with Crippen molar-refractivity contribution in [2.75, 3.05) is 0 Å². The lowest BCUT2D eigenvalue weighted by Gasteiger charge is -2.00. The predicted molar refractivity (Wildman–Crippen MR) is 73.6 cm³/mol. The van der Waals surface area contributed by atoms with Crippen LogP contribution in [-0.4, -0.2) is 22.0 Å². The smallest absolute Gasteiger partial charge is 0.355 e. The number of carbonyl (C=O) groups excluding carboxylic acids is 1. The van der Waals surface area contributed by atoms with Crippen molar-refractivity contribution in [2.45, 2.75) is 10.6 Å². The van der Waals surface area contributed by atoms with Gasteiger partial charge in [0.1, 0.15) is 5.01 Å². The van der Waals surface area contributed by atoms with Crippen LogP contribution in [0.5, 0.6) is 0 Å². The number of aromatic carboxylic acids is 1. The van der Waals surface area contributed by atoms with Gasteiger partial charge < -0.3 is 10.8 Å². The summed E-state index contributed by atoms with van der Waals surface area (Å²) in [7, 11) is 0. The minimum Gasteiger partial charge on any atom is -0.476 e. The largest absolute Gasteiger partial charge is 0.476 e. The first kappa shape index (κ1) is 13.6. The molecule has 0 aliphatic carbocycles. The van der Waals surface area contributed by atoms with Gasteiger partial charge in [-0.25, -0.2) is 9.78 Å². The summed E-state index contributed by atoms with van der Waals surface area (Å²) in [5, 5.41) is 11.0. The van der Waals surface area contributed by atoms with E-state index >= 15 is 0 Å². The number of thioether (sulfide) groups is 1. The molecule has 98 valence electrons. The van der Waals surface area contributed by atoms with Gasteiger partial charge in [-0.2, -0.15) is 0 Å². The lowest BCUT2D eigenvalue weighted by atomic mass is 10.2. The number of hydrogen-bond donors (Lipinski definition) is 2. The zero-order valence-electron chi connectivity index (χ0n) is 9.70. The average Bonchev–Trinajstić information content (AvgIpc) is 2.86. The zero-order chi connectivity index (χ0) is 13.8. The number of rotatable bonds is 5. The standard InChI is InChI=1S/C12H10N2O3S2/c13-11(15)7-1-3-8(4-2-7)18-6-10-14-9(5-19-10)12(16)17/h1-5H,6H2,(H2,13,15)(H,16,17). The van der Waals surface area contributed by atoms with Crippen LogP contribution in [0.25, 0.3) is 0 Å². The van der Waals surface area contributed by atoms with Crippen LogP contribution >= 0.6 is 23.1 Å². The molecule has 1 amide bonds. The molecule has 0 radical (unpaired) electrons. The number of nitrogens with zero attached hydrogens (tertiary/aromatic N) is 1. The second kappa shape index (κ2) is 5.85. The number of hydrogen-bond acceptors (Lipinski definition) is 5. The fourth-order valence-electron chi connectivity index (χ4n) is 1.34. The minimum absolute atomic E-state index is 0.0738. The van der Waals surface area contributed by atoms with E-state index in [0.29, 0.717) is 11.3 Å². The summed E-state index contributed by atoms with van der Waals surface area (Å²) in [4.78, 5) is 26.6. The highest BCUT2D eigenvalue weighted by Gasteiger charge is 2.08. The van der Waals surface area contributed by atoms with Crippen LogP contribution in [-0.2, 0) is 5.75 Å². The van der Waals surface area contributed by atoms with E-state index in [2.05, 4.69) is 4.98 Å². The van der Waals surface area contributed by atoms with Crippen LogP contribution in [0.1, 0.15) is 25.9 Å². The number of carbonyl (C=O) groups is 2. The molecule has 5 nitrogen and oxygen atoms in total. The molecule has 3 N–H and O–H groups in total. The fourth-order valence-corrected chi connectivity index (χ4v) is 3.02. The number of nitrogens with two attached hydrogens (primary N) is 1. The van der Waals surface area contributed by atoms with Gasteiger partial charge in [0.05, 0.1) is 5.75 Å². The molecule has 0 saturated carbocycles. The number of primary amides is 1. The van der Waals surface area contributed by atoms with Gasteiger partial charge in [0.25, 0.3) is 0 Å². The first-order valence-electron chi connectivity index (χ1n) is 5.26. The van der Waals surface area contributed by atoms with E-state index in [-0.39, 0.29) is 5.69 Å². The fraction of sp³-hybridized carbons (Fsp3) is 0.0833. The van der Waals surface area contributed by atoms with Crippen molar-refractivity contribution >= 4 is 35.0 Å². The van der Waals surface area contributed by atoms with Gasteiger partial charge in [-0.05, 0) is 24.3 Å². The Hall–Kier alpha value is -1.86. The van der Waals surface area contributed by atoms with Crippen molar-refractivity contribution in [3.8, 4) is 0 Å². The first-order chi connectivity index (χ1) is 9.06. The van der Waals surface area contributed by atoms with E-state index in [1.54, 1.807) is 24.3 Å². The van der Waals surface area contributed by atoms with Crippen LogP contribution in [0.3, 0.4) is 0 Å². The molecule has 0 atom stereocenters. The van der Waals surface area contributed by atoms with E-state index < -0.39 is 11.9 Å². The summed E-state index contributed by atoms with van der Waals surface area (Å²) in [5.41, 5.74) is 5.69. The summed E-state index contributed by atoms with van der Waals surface area (Å²) in [6.07, 6.45) is 0. The zero-order valence-corrected chi connectivity index (χ0v) is 11.3. The van der Waals surface area contributed by atoms with Gasteiger partial charge in [0.15, 0.2) is 5.69 Å². The van der Waals surface area contributed by atoms with Crippen molar-refractivity contribution in [3.63, 3.8) is 0 Å². The maximum Gasteiger partial charge on any atom is 0.355 e. The Bertz CT molecular complexity index is 608. The van der Waals surface area contributed by atoms with Crippen molar-refractivity contribution < 1.29 is 14.7 Å². The number of amides is 1. The van der Waals surface area contributed by atoms with Gasteiger partial charge in [0, 0.05) is 15.8 Å². The third-order valence-electron chi connectivity index (χ3n) is 2.27. The molecule has 0 saturated heterocycles. The maximum absolute atomic E-state index is 10.9. The third kappa shape index (κ3) is 3.55. The number of carboxylic acids is 1.